The van der Waals surface area contributed by atoms with Crippen LogP contribution in [-0.4, -0.2) is 12.1 Å². The molecule has 5 heteroatoms. The molecule has 0 fully saturated rings. The van der Waals surface area contributed by atoms with Gasteiger partial charge < -0.3 is 0 Å². The van der Waals surface area contributed by atoms with Crippen molar-refractivity contribution in [3.8, 4) is 0 Å². The number of nitrogens with one attached hydrogen (secondary N) is 1. The standard InChI is InChI=1S/C20H15ClN2OS/c21-17-12-10-15(11-13-17)20(24)23-22-14-16-6-4-5-9-19(16)25-18-7-2-1-3-8-18/h1-14H,(H,23,24)/b22-14+. The molecule has 0 aliphatic rings. The van der Waals surface area contributed by atoms with Crippen LogP contribution in [0.25, 0.3) is 0 Å². The number of benzene rings is 3. The Balaban J connectivity index is 1.69. The van der Waals surface area contributed by atoms with Gasteiger partial charge in [-0.1, -0.05) is 59.8 Å². The summed E-state index contributed by atoms with van der Waals surface area (Å²) in [7, 11) is 0. The van der Waals surface area contributed by atoms with Crippen LogP contribution in [-0.2, 0) is 0 Å². The minimum absolute atomic E-state index is 0.277. The third kappa shape index (κ3) is 4.95. The maximum absolute atomic E-state index is 12.0. The van der Waals surface area contributed by atoms with Gasteiger partial charge in [0.25, 0.3) is 5.91 Å². The monoisotopic (exact) mass is 366 g/mol. The van der Waals surface area contributed by atoms with Crippen LogP contribution in [0, 0.1) is 0 Å². The van der Waals surface area contributed by atoms with E-state index in [1.165, 1.54) is 0 Å². The van der Waals surface area contributed by atoms with Crippen LogP contribution in [0.5, 0.6) is 0 Å². The second-order valence-electron chi connectivity index (χ2n) is 5.16. The zero-order chi connectivity index (χ0) is 17.5. The Labute approximate surface area is 155 Å². The van der Waals surface area contributed by atoms with Gasteiger partial charge in [-0.05, 0) is 42.5 Å². The van der Waals surface area contributed by atoms with E-state index in [9.17, 15) is 4.79 Å². The molecule has 0 atom stereocenters. The molecule has 0 saturated heterocycles. The molecule has 0 aliphatic heterocycles. The van der Waals surface area contributed by atoms with Crippen molar-refractivity contribution in [2.24, 2.45) is 5.10 Å². The summed E-state index contributed by atoms with van der Waals surface area (Å²) in [4.78, 5) is 14.3. The molecule has 0 bridgehead atoms. The molecule has 1 amide bonds. The second-order valence-corrected chi connectivity index (χ2v) is 6.71. The number of nitrogens with zero attached hydrogens (tertiary/aromatic N) is 1. The molecule has 3 rings (SSSR count). The van der Waals surface area contributed by atoms with Gasteiger partial charge in [-0.2, -0.15) is 5.10 Å². The highest BCUT2D eigenvalue weighted by atomic mass is 35.5. The number of hydrazone groups is 1. The van der Waals surface area contributed by atoms with E-state index in [1.807, 2.05) is 42.5 Å². The summed E-state index contributed by atoms with van der Waals surface area (Å²) in [5.41, 5.74) is 3.98. The van der Waals surface area contributed by atoms with E-state index in [2.05, 4.69) is 22.7 Å². The van der Waals surface area contributed by atoms with Gasteiger partial charge in [-0.25, -0.2) is 5.43 Å². The third-order valence-electron chi connectivity index (χ3n) is 3.37. The molecule has 0 heterocycles. The highest BCUT2D eigenvalue weighted by Crippen LogP contribution is 2.29. The number of carbonyl (C=O) groups excluding carboxylic acids is 1. The zero-order valence-electron chi connectivity index (χ0n) is 13.2. The molecule has 0 unspecified atom stereocenters. The van der Waals surface area contributed by atoms with Crippen molar-refractivity contribution in [1.82, 2.24) is 5.43 Å². The molecule has 0 spiro atoms. The first-order chi connectivity index (χ1) is 12.2. The normalized spacial score (nSPS) is 10.8. The summed E-state index contributed by atoms with van der Waals surface area (Å²) in [6, 6.07) is 24.7. The van der Waals surface area contributed by atoms with E-state index in [0.29, 0.717) is 10.6 Å². The Morgan fingerprint density at radius 1 is 0.920 bits per heavy atom. The summed E-state index contributed by atoms with van der Waals surface area (Å²) in [5.74, 6) is -0.277. The minimum atomic E-state index is -0.277. The van der Waals surface area contributed by atoms with Gasteiger partial charge in [-0.15, -0.1) is 0 Å². The van der Waals surface area contributed by atoms with E-state index in [0.717, 1.165) is 15.4 Å². The summed E-state index contributed by atoms with van der Waals surface area (Å²) in [6.07, 6.45) is 1.65. The molecule has 3 aromatic carbocycles. The number of rotatable bonds is 5. The van der Waals surface area contributed by atoms with E-state index in [-0.39, 0.29) is 5.91 Å². The van der Waals surface area contributed by atoms with E-state index >= 15 is 0 Å². The van der Waals surface area contributed by atoms with Crippen LogP contribution >= 0.6 is 23.4 Å². The lowest BCUT2D eigenvalue weighted by Gasteiger charge is -2.05. The molecule has 25 heavy (non-hydrogen) atoms. The topological polar surface area (TPSA) is 41.5 Å². The lowest BCUT2D eigenvalue weighted by Crippen LogP contribution is -2.17. The number of hydrogen-bond acceptors (Lipinski definition) is 3. The Morgan fingerprint density at radius 2 is 1.60 bits per heavy atom. The fraction of sp³-hybridized carbons (Fsp3) is 0. The largest absolute Gasteiger partial charge is 0.271 e. The number of halogens is 1. The number of hydrogen-bond donors (Lipinski definition) is 1. The molecule has 0 radical (unpaired) electrons. The maximum Gasteiger partial charge on any atom is 0.271 e. The molecular weight excluding hydrogens is 352 g/mol. The van der Waals surface area contributed by atoms with E-state index in [4.69, 9.17) is 11.6 Å². The number of amides is 1. The predicted octanol–water partition coefficient (Wildman–Crippen LogP) is 5.26. The van der Waals surface area contributed by atoms with Gasteiger partial charge in [0.1, 0.15) is 0 Å². The van der Waals surface area contributed by atoms with Crippen LogP contribution in [0.3, 0.4) is 0 Å². The quantitative estimate of drug-likeness (QED) is 0.494. The zero-order valence-corrected chi connectivity index (χ0v) is 14.8. The highest BCUT2D eigenvalue weighted by Gasteiger charge is 2.04. The summed E-state index contributed by atoms with van der Waals surface area (Å²) in [5, 5.41) is 4.66. The predicted molar refractivity (Wildman–Crippen MR) is 104 cm³/mol. The fourth-order valence-electron chi connectivity index (χ4n) is 2.12. The third-order valence-corrected chi connectivity index (χ3v) is 4.72. The van der Waals surface area contributed by atoms with Gasteiger partial charge in [0.05, 0.1) is 6.21 Å². The van der Waals surface area contributed by atoms with Gasteiger partial charge in [0, 0.05) is 25.9 Å². The second kappa shape index (κ2) is 8.51. The maximum atomic E-state index is 12.0. The molecule has 3 aromatic rings. The molecule has 0 aliphatic carbocycles. The van der Waals surface area contributed by atoms with Crippen molar-refractivity contribution in [2.45, 2.75) is 9.79 Å². The first kappa shape index (κ1) is 17.3. The molecule has 124 valence electrons. The van der Waals surface area contributed by atoms with Crippen LogP contribution < -0.4 is 5.43 Å². The minimum Gasteiger partial charge on any atom is -0.267 e. The van der Waals surface area contributed by atoms with Crippen LogP contribution in [0.15, 0.2) is 93.8 Å². The molecule has 3 nitrogen and oxygen atoms in total. The van der Waals surface area contributed by atoms with Crippen LogP contribution in [0.2, 0.25) is 5.02 Å². The Hall–Kier alpha value is -2.56. The van der Waals surface area contributed by atoms with Gasteiger partial charge >= 0.3 is 0 Å². The average Bonchev–Trinajstić information content (AvgIpc) is 2.64. The lowest BCUT2D eigenvalue weighted by molar-refractivity contribution is 0.0955. The fourth-order valence-corrected chi connectivity index (χ4v) is 3.18. The average molecular weight is 367 g/mol. The number of carbonyl (C=O) groups is 1. The van der Waals surface area contributed by atoms with Crippen molar-refractivity contribution in [3.63, 3.8) is 0 Å². The lowest BCUT2D eigenvalue weighted by atomic mass is 10.2. The summed E-state index contributed by atoms with van der Waals surface area (Å²) >= 11 is 7.47. The van der Waals surface area contributed by atoms with E-state index < -0.39 is 0 Å². The van der Waals surface area contributed by atoms with Crippen molar-refractivity contribution in [1.29, 1.82) is 0 Å². The van der Waals surface area contributed by atoms with E-state index in [1.54, 1.807) is 42.2 Å². The summed E-state index contributed by atoms with van der Waals surface area (Å²) in [6.45, 7) is 0. The van der Waals surface area contributed by atoms with Gasteiger partial charge in [0.2, 0.25) is 0 Å². The van der Waals surface area contributed by atoms with Crippen molar-refractivity contribution in [2.75, 3.05) is 0 Å². The Morgan fingerprint density at radius 3 is 2.36 bits per heavy atom. The smallest absolute Gasteiger partial charge is 0.267 e. The first-order valence-electron chi connectivity index (χ1n) is 7.63. The summed E-state index contributed by atoms with van der Waals surface area (Å²) < 4.78 is 0. The van der Waals surface area contributed by atoms with Crippen LogP contribution in [0.1, 0.15) is 15.9 Å². The first-order valence-corrected chi connectivity index (χ1v) is 8.83. The molecular formula is C20H15ClN2OS. The molecule has 0 saturated carbocycles. The van der Waals surface area contributed by atoms with Gasteiger partial charge in [0.15, 0.2) is 0 Å². The highest BCUT2D eigenvalue weighted by molar-refractivity contribution is 7.99. The van der Waals surface area contributed by atoms with Crippen molar-refractivity contribution >= 4 is 35.5 Å². The molecule has 0 aromatic heterocycles. The van der Waals surface area contributed by atoms with Gasteiger partial charge in [-0.3, -0.25) is 4.79 Å². The van der Waals surface area contributed by atoms with Crippen LogP contribution in [0.4, 0.5) is 0 Å². The Kier molecular flexibility index (Phi) is 5.88. The Bertz CT molecular complexity index is 880. The molecule has 1 N–H and O–H groups in total. The SMILES string of the molecule is O=C(N/N=C/c1ccccc1Sc1ccccc1)c1ccc(Cl)cc1. The van der Waals surface area contributed by atoms with Crippen molar-refractivity contribution in [3.05, 3.63) is 95.0 Å². The van der Waals surface area contributed by atoms with Crippen molar-refractivity contribution < 1.29 is 4.79 Å².